The Morgan fingerprint density at radius 1 is 0.467 bits per heavy atom. The first kappa shape index (κ1) is 25.9. The van der Waals surface area contributed by atoms with E-state index in [1.807, 2.05) is 12.1 Å². The summed E-state index contributed by atoms with van der Waals surface area (Å²) in [5.74, 6) is 0. The molecule has 0 saturated carbocycles. The summed E-state index contributed by atoms with van der Waals surface area (Å²) in [4.78, 5) is 2.39. The van der Waals surface area contributed by atoms with Gasteiger partial charge in [-0.25, -0.2) is 0 Å². The van der Waals surface area contributed by atoms with Crippen LogP contribution in [0.2, 0.25) is 0 Å². The van der Waals surface area contributed by atoms with Crippen LogP contribution in [0.5, 0.6) is 0 Å². The number of rotatable bonds is 4. The average molecular weight is 578 g/mol. The lowest BCUT2D eigenvalue weighted by atomic mass is 9.82. The predicted octanol–water partition coefficient (Wildman–Crippen LogP) is 12.2. The molecule has 2 nitrogen and oxygen atoms in total. The predicted molar refractivity (Wildman–Crippen MR) is 189 cm³/mol. The van der Waals surface area contributed by atoms with Gasteiger partial charge in [-0.2, -0.15) is 0 Å². The van der Waals surface area contributed by atoms with Gasteiger partial charge in [0.2, 0.25) is 0 Å². The molecule has 7 aromatic carbocycles. The van der Waals surface area contributed by atoms with Crippen LogP contribution in [-0.4, -0.2) is 0 Å². The third-order valence-electron chi connectivity index (χ3n) is 9.66. The maximum absolute atomic E-state index is 6.20. The molecule has 1 aromatic heterocycles. The summed E-state index contributed by atoms with van der Waals surface area (Å²) in [7, 11) is 0. The standard InChI is InChI=1S/C43H31NO/c1-43(2)38-14-8-6-12-35(38)37-27-33(22-24-39(37)43)44(31-19-16-29(17-20-31)28-10-4-3-5-11-28)32-21-23-34-30(26-32)18-25-41-42(34)36-13-7-9-15-40(36)45-41/h3-27H,1-2H3. The summed E-state index contributed by atoms with van der Waals surface area (Å²) >= 11 is 0. The molecule has 1 aliphatic rings. The van der Waals surface area contributed by atoms with Crippen molar-refractivity contribution in [1.29, 1.82) is 0 Å². The lowest BCUT2D eigenvalue weighted by molar-refractivity contribution is 0.660. The molecule has 0 atom stereocenters. The van der Waals surface area contributed by atoms with Crippen molar-refractivity contribution in [3.8, 4) is 22.3 Å². The second-order valence-electron chi connectivity index (χ2n) is 12.6. The summed E-state index contributed by atoms with van der Waals surface area (Å²) in [5.41, 5.74) is 13.0. The van der Waals surface area contributed by atoms with Crippen LogP contribution < -0.4 is 4.90 Å². The molecule has 0 amide bonds. The van der Waals surface area contributed by atoms with Gasteiger partial charge in [-0.05, 0) is 92.7 Å². The molecule has 1 heterocycles. The summed E-state index contributed by atoms with van der Waals surface area (Å²) in [6.45, 7) is 4.67. The third-order valence-corrected chi connectivity index (χ3v) is 9.66. The minimum absolute atomic E-state index is 0.0334. The van der Waals surface area contributed by atoms with E-state index in [4.69, 9.17) is 4.42 Å². The van der Waals surface area contributed by atoms with Crippen molar-refractivity contribution in [2.75, 3.05) is 4.90 Å². The Morgan fingerprint density at radius 3 is 2.00 bits per heavy atom. The van der Waals surface area contributed by atoms with Crippen LogP contribution in [0.4, 0.5) is 17.1 Å². The molecule has 1 aliphatic carbocycles. The molecule has 0 aliphatic heterocycles. The Bertz CT molecular complexity index is 2400. The first-order valence-electron chi connectivity index (χ1n) is 15.6. The van der Waals surface area contributed by atoms with Gasteiger partial charge in [0.1, 0.15) is 11.2 Å². The van der Waals surface area contributed by atoms with Crippen molar-refractivity contribution in [3.05, 3.63) is 163 Å². The van der Waals surface area contributed by atoms with Gasteiger partial charge in [-0.15, -0.1) is 0 Å². The van der Waals surface area contributed by atoms with Gasteiger partial charge in [0.25, 0.3) is 0 Å². The summed E-state index contributed by atoms with van der Waals surface area (Å²) < 4.78 is 6.20. The molecule has 8 aromatic rings. The largest absolute Gasteiger partial charge is 0.456 e. The fourth-order valence-electron chi connectivity index (χ4n) is 7.41. The van der Waals surface area contributed by atoms with E-state index in [1.165, 1.54) is 49.5 Å². The quantitative estimate of drug-likeness (QED) is 0.207. The Hall–Kier alpha value is -5.60. The van der Waals surface area contributed by atoms with Crippen molar-refractivity contribution in [1.82, 2.24) is 0 Å². The van der Waals surface area contributed by atoms with E-state index < -0.39 is 0 Å². The molecule has 0 bridgehead atoms. The van der Waals surface area contributed by atoms with E-state index in [2.05, 4.69) is 158 Å². The molecule has 2 heteroatoms. The Balaban J connectivity index is 1.24. The maximum Gasteiger partial charge on any atom is 0.136 e. The molecule has 0 saturated heterocycles. The number of benzene rings is 7. The zero-order valence-corrected chi connectivity index (χ0v) is 25.3. The molecular weight excluding hydrogens is 546 g/mol. The summed E-state index contributed by atoms with van der Waals surface area (Å²) in [6.07, 6.45) is 0. The third kappa shape index (κ3) is 3.96. The van der Waals surface area contributed by atoms with Crippen LogP contribution in [0.1, 0.15) is 25.0 Å². The number of hydrogen-bond donors (Lipinski definition) is 0. The molecule has 0 N–H and O–H groups in total. The minimum atomic E-state index is -0.0334. The SMILES string of the molecule is CC1(C)c2ccccc2-c2cc(N(c3ccc(-c4ccccc4)cc3)c3ccc4c(ccc5oc6ccccc6c54)c3)ccc21. The maximum atomic E-state index is 6.20. The van der Waals surface area contributed by atoms with Crippen LogP contribution in [-0.2, 0) is 5.41 Å². The highest BCUT2D eigenvalue weighted by Gasteiger charge is 2.35. The highest BCUT2D eigenvalue weighted by Crippen LogP contribution is 2.50. The molecule has 45 heavy (non-hydrogen) atoms. The van der Waals surface area contributed by atoms with Gasteiger partial charge in [-0.3, -0.25) is 0 Å². The van der Waals surface area contributed by atoms with Crippen molar-refractivity contribution < 1.29 is 4.42 Å². The van der Waals surface area contributed by atoms with Crippen molar-refractivity contribution in [2.24, 2.45) is 0 Å². The smallest absolute Gasteiger partial charge is 0.136 e. The number of hydrogen-bond acceptors (Lipinski definition) is 2. The molecule has 0 fully saturated rings. The normalized spacial score (nSPS) is 13.3. The second-order valence-corrected chi connectivity index (χ2v) is 12.6. The van der Waals surface area contributed by atoms with Gasteiger partial charge in [0.15, 0.2) is 0 Å². The van der Waals surface area contributed by atoms with Gasteiger partial charge < -0.3 is 9.32 Å². The second kappa shape index (κ2) is 9.70. The lowest BCUT2D eigenvalue weighted by Gasteiger charge is -2.27. The molecule has 0 radical (unpaired) electrons. The zero-order valence-electron chi connectivity index (χ0n) is 25.3. The monoisotopic (exact) mass is 577 g/mol. The first-order valence-corrected chi connectivity index (χ1v) is 15.6. The van der Waals surface area contributed by atoms with E-state index in [-0.39, 0.29) is 5.41 Å². The van der Waals surface area contributed by atoms with E-state index in [9.17, 15) is 0 Å². The fourth-order valence-corrected chi connectivity index (χ4v) is 7.41. The molecular formula is C43H31NO. The molecule has 0 spiro atoms. The van der Waals surface area contributed by atoms with Crippen molar-refractivity contribution >= 4 is 49.8 Å². The number of anilines is 3. The Morgan fingerprint density at radius 2 is 1.13 bits per heavy atom. The topological polar surface area (TPSA) is 16.4 Å². The number of nitrogens with zero attached hydrogens (tertiary/aromatic N) is 1. The molecule has 214 valence electrons. The number of furan rings is 1. The molecule has 0 unspecified atom stereocenters. The average Bonchev–Trinajstić information content (AvgIpc) is 3.58. The first-order chi connectivity index (χ1) is 22.1. The van der Waals surface area contributed by atoms with Gasteiger partial charge in [0, 0.05) is 33.2 Å². The van der Waals surface area contributed by atoms with Crippen LogP contribution in [0, 0.1) is 0 Å². The van der Waals surface area contributed by atoms with Gasteiger partial charge >= 0.3 is 0 Å². The number of fused-ring (bicyclic) bond motifs is 8. The van der Waals surface area contributed by atoms with E-state index in [0.717, 1.165) is 33.6 Å². The van der Waals surface area contributed by atoms with Crippen molar-refractivity contribution in [2.45, 2.75) is 19.3 Å². The molecule has 9 rings (SSSR count). The van der Waals surface area contributed by atoms with Crippen LogP contribution in [0.15, 0.2) is 156 Å². The fraction of sp³-hybridized carbons (Fsp3) is 0.0698. The Kier molecular flexibility index (Phi) is 5.58. The highest BCUT2D eigenvalue weighted by molar-refractivity contribution is 6.19. The highest BCUT2D eigenvalue weighted by atomic mass is 16.3. The summed E-state index contributed by atoms with van der Waals surface area (Å²) in [5, 5.41) is 4.71. The lowest BCUT2D eigenvalue weighted by Crippen LogP contribution is -2.15. The van der Waals surface area contributed by atoms with Crippen LogP contribution >= 0.6 is 0 Å². The van der Waals surface area contributed by atoms with Gasteiger partial charge in [0.05, 0.1) is 0 Å². The van der Waals surface area contributed by atoms with E-state index in [1.54, 1.807) is 0 Å². The van der Waals surface area contributed by atoms with Crippen LogP contribution in [0.25, 0.3) is 55.0 Å². The van der Waals surface area contributed by atoms with E-state index in [0.29, 0.717) is 0 Å². The zero-order chi connectivity index (χ0) is 30.1. The van der Waals surface area contributed by atoms with Crippen molar-refractivity contribution in [3.63, 3.8) is 0 Å². The Labute approximate surface area is 262 Å². The summed E-state index contributed by atoms with van der Waals surface area (Å²) in [6, 6.07) is 54.8. The minimum Gasteiger partial charge on any atom is -0.456 e. The van der Waals surface area contributed by atoms with E-state index >= 15 is 0 Å². The number of para-hydroxylation sites is 1. The van der Waals surface area contributed by atoms with Gasteiger partial charge in [-0.1, -0.05) is 117 Å². The van der Waals surface area contributed by atoms with Crippen LogP contribution in [0.3, 0.4) is 0 Å².